The van der Waals surface area contributed by atoms with Crippen LogP contribution in [-0.4, -0.2) is 14.8 Å². The SMILES string of the molecule is c1ccc(N(c2ccccc2)c2ccc(-c3nnc(-c4ccc5ccc6c7c(ccc4c57)cc4c6c5ccccc5n4-c4ccccc4)o3)cc2)cc1. The number of hydrogen-bond donors (Lipinski definition) is 0. The fraction of sp³-hybridized carbons (Fsp3) is 0. The first-order chi connectivity index (χ1) is 26.3. The fourth-order valence-corrected chi connectivity index (χ4v) is 8.17. The Morgan fingerprint density at radius 2 is 1.00 bits per heavy atom. The molecule has 2 aromatic heterocycles. The number of fused-ring (bicyclic) bond motifs is 4. The number of nitrogens with zero attached hydrogens (tertiary/aromatic N) is 4. The lowest BCUT2D eigenvalue weighted by Crippen LogP contribution is -2.09. The van der Waals surface area contributed by atoms with Gasteiger partial charge in [0.15, 0.2) is 0 Å². The van der Waals surface area contributed by atoms with E-state index in [1.165, 1.54) is 48.7 Å². The van der Waals surface area contributed by atoms with Gasteiger partial charge >= 0.3 is 0 Å². The molecule has 5 heteroatoms. The quantitative estimate of drug-likeness (QED) is 0.164. The van der Waals surface area contributed by atoms with Gasteiger partial charge in [0.1, 0.15) is 0 Å². The van der Waals surface area contributed by atoms with Gasteiger partial charge in [-0.2, -0.15) is 0 Å². The van der Waals surface area contributed by atoms with E-state index in [0.29, 0.717) is 11.8 Å². The van der Waals surface area contributed by atoms with E-state index in [-0.39, 0.29) is 0 Å². The second kappa shape index (κ2) is 11.7. The Labute approximate surface area is 304 Å². The zero-order chi connectivity index (χ0) is 34.9. The van der Waals surface area contributed by atoms with Crippen LogP contribution < -0.4 is 4.90 Å². The molecule has 0 amide bonds. The van der Waals surface area contributed by atoms with Crippen molar-refractivity contribution < 1.29 is 4.42 Å². The van der Waals surface area contributed by atoms with Gasteiger partial charge < -0.3 is 13.9 Å². The van der Waals surface area contributed by atoms with Crippen molar-refractivity contribution in [1.82, 2.24) is 14.8 Å². The van der Waals surface area contributed by atoms with Crippen molar-refractivity contribution in [2.45, 2.75) is 0 Å². The molecule has 0 bridgehead atoms. The molecule has 0 spiro atoms. The maximum Gasteiger partial charge on any atom is 0.248 e. The lowest BCUT2D eigenvalue weighted by Gasteiger charge is -2.25. The van der Waals surface area contributed by atoms with Crippen LogP contribution in [0.2, 0.25) is 0 Å². The standard InChI is InChI=1S/C48H30N4O/c1-4-12-34(13-5-1)51(35-14-6-2-7-15-35)37-25-20-32(21-26-37)47-49-50-48(53-47)39-28-22-31-23-29-41-45-33(24-27-38(39)44(31)45)30-43-46(41)40-18-10-11-19-42(40)52(43)36-16-8-3-9-17-36/h1-30H. The summed E-state index contributed by atoms with van der Waals surface area (Å²) in [6, 6.07) is 64.1. The minimum Gasteiger partial charge on any atom is -0.416 e. The fourth-order valence-electron chi connectivity index (χ4n) is 8.17. The van der Waals surface area contributed by atoms with E-state index < -0.39 is 0 Å². The highest BCUT2D eigenvalue weighted by Crippen LogP contribution is 2.45. The molecule has 0 fully saturated rings. The van der Waals surface area contributed by atoms with E-state index in [2.05, 4.69) is 177 Å². The minimum absolute atomic E-state index is 0.485. The molecular weight excluding hydrogens is 649 g/mol. The first-order valence-corrected chi connectivity index (χ1v) is 17.8. The lowest BCUT2D eigenvalue weighted by atomic mass is 9.90. The van der Waals surface area contributed by atoms with Crippen LogP contribution in [0.5, 0.6) is 0 Å². The van der Waals surface area contributed by atoms with Gasteiger partial charge in [-0.05, 0) is 111 Å². The zero-order valence-corrected chi connectivity index (χ0v) is 28.5. The van der Waals surface area contributed by atoms with Crippen LogP contribution in [0.1, 0.15) is 0 Å². The molecule has 0 saturated heterocycles. The van der Waals surface area contributed by atoms with Crippen LogP contribution >= 0.6 is 0 Å². The maximum atomic E-state index is 6.46. The summed E-state index contributed by atoms with van der Waals surface area (Å²) in [6.07, 6.45) is 0. The van der Waals surface area contributed by atoms with Crippen LogP contribution in [-0.2, 0) is 0 Å². The van der Waals surface area contributed by atoms with Crippen molar-refractivity contribution in [3.8, 4) is 28.6 Å². The van der Waals surface area contributed by atoms with Crippen molar-refractivity contribution in [2.24, 2.45) is 0 Å². The Morgan fingerprint density at radius 1 is 0.415 bits per heavy atom. The van der Waals surface area contributed by atoms with E-state index in [1.54, 1.807) is 0 Å². The van der Waals surface area contributed by atoms with E-state index in [1.807, 2.05) is 24.3 Å². The largest absolute Gasteiger partial charge is 0.416 e. The maximum absolute atomic E-state index is 6.46. The average Bonchev–Trinajstić information content (AvgIpc) is 3.85. The highest BCUT2D eigenvalue weighted by molar-refractivity contribution is 6.33. The predicted molar refractivity (Wildman–Crippen MR) is 218 cm³/mol. The van der Waals surface area contributed by atoms with Gasteiger partial charge in [-0.25, -0.2) is 0 Å². The van der Waals surface area contributed by atoms with Crippen LogP contribution in [0.15, 0.2) is 186 Å². The number of benzene rings is 9. The van der Waals surface area contributed by atoms with Gasteiger partial charge in [0.05, 0.1) is 11.0 Å². The number of anilines is 3. The molecule has 0 radical (unpaired) electrons. The predicted octanol–water partition coefficient (Wildman–Crippen LogP) is 12.9. The second-order valence-corrected chi connectivity index (χ2v) is 13.5. The summed E-state index contributed by atoms with van der Waals surface area (Å²) < 4.78 is 8.84. The summed E-state index contributed by atoms with van der Waals surface area (Å²) in [5.41, 5.74) is 8.55. The van der Waals surface area contributed by atoms with Gasteiger partial charge in [-0.3, -0.25) is 0 Å². The number of para-hydroxylation sites is 4. The first kappa shape index (κ1) is 29.5. The molecule has 9 aromatic carbocycles. The normalized spacial score (nSPS) is 11.8. The average molecular weight is 679 g/mol. The third-order valence-corrected chi connectivity index (χ3v) is 10.5. The van der Waals surface area contributed by atoms with E-state index in [0.717, 1.165) is 39.3 Å². The van der Waals surface area contributed by atoms with Crippen LogP contribution in [0, 0.1) is 0 Å². The molecule has 5 nitrogen and oxygen atoms in total. The summed E-state index contributed by atoms with van der Waals surface area (Å²) in [4.78, 5) is 2.24. The lowest BCUT2D eigenvalue weighted by molar-refractivity contribution is 0.585. The monoisotopic (exact) mass is 678 g/mol. The van der Waals surface area contributed by atoms with Crippen molar-refractivity contribution in [1.29, 1.82) is 0 Å². The minimum atomic E-state index is 0.485. The van der Waals surface area contributed by atoms with Crippen molar-refractivity contribution in [2.75, 3.05) is 4.90 Å². The van der Waals surface area contributed by atoms with Gasteiger partial charge in [0, 0.05) is 44.6 Å². The molecule has 53 heavy (non-hydrogen) atoms. The molecule has 0 unspecified atom stereocenters. The Kier molecular flexibility index (Phi) is 6.48. The van der Waals surface area contributed by atoms with Gasteiger partial charge in [0.25, 0.3) is 0 Å². The zero-order valence-electron chi connectivity index (χ0n) is 28.5. The topological polar surface area (TPSA) is 47.1 Å². The summed E-state index contributed by atoms with van der Waals surface area (Å²) in [5.74, 6) is 0.988. The number of aromatic nitrogens is 3. The molecule has 11 rings (SSSR count). The van der Waals surface area contributed by atoms with Crippen molar-refractivity contribution in [3.63, 3.8) is 0 Å². The van der Waals surface area contributed by atoms with Crippen LogP contribution in [0.3, 0.4) is 0 Å². The molecule has 0 N–H and O–H groups in total. The third kappa shape index (κ3) is 4.57. The first-order valence-electron chi connectivity index (χ1n) is 17.8. The van der Waals surface area contributed by atoms with Crippen LogP contribution in [0.25, 0.3) is 82.7 Å². The van der Waals surface area contributed by atoms with E-state index >= 15 is 0 Å². The molecule has 248 valence electrons. The molecule has 0 atom stereocenters. The van der Waals surface area contributed by atoms with E-state index in [9.17, 15) is 0 Å². The Morgan fingerprint density at radius 3 is 1.75 bits per heavy atom. The molecule has 0 aliphatic heterocycles. The molecule has 2 heterocycles. The van der Waals surface area contributed by atoms with Crippen LogP contribution in [0.4, 0.5) is 17.1 Å². The summed E-state index contributed by atoms with van der Waals surface area (Å²) in [6.45, 7) is 0. The Hall–Kier alpha value is -7.24. The van der Waals surface area contributed by atoms with Gasteiger partial charge in [0.2, 0.25) is 11.8 Å². The molecule has 0 saturated carbocycles. The Balaban J connectivity index is 1.03. The third-order valence-electron chi connectivity index (χ3n) is 10.5. The number of rotatable bonds is 6. The number of hydrogen-bond acceptors (Lipinski definition) is 4. The van der Waals surface area contributed by atoms with Crippen molar-refractivity contribution in [3.05, 3.63) is 182 Å². The Bertz CT molecular complexity index is 3050. The summed E-state index contributed by atoms with van der Waals surface area (Å²) >= 11 is 0. The van der Waals surface area contributed by atoms with Gasteiger partial charge in [-0.1, -0.05) is 103 Å². The smallest absolute Gasteiger partial charge is 0.248 e. The summed E-state index contributed by atoms with van der Waals surface area (Å²) in [7, 11) is 0. The van der Waals surface area contributed by atoms with E-state index in [4.69, 9.17) is 4.42 Å². The highest BCUT2D eigenvalue weighted by atomic mass is 16.4. The molecule has 11 aromatic rings. The molecule has 0 aliphatic carbocycles. The summed E-state index contributed by atoms with van der Waals surface area (Å²) in [5, 5.41) is 18.8. The molecule has 0 aliphatic rings. The molecular formula is C48H30N4O. The highest BCUT2D eigenvalue weighted by Gasteiger charge is 2.21. The van der Waals surface area contributed by atoms with Crippen molar-refractivity contribution >= 4 is 71.2 Å². The van der Waals surface area contributed by atoms with Gasteiger partial charge in [-0.15, -0.1) is 10.2 Å². The second-order valence-electron chi connectivity index (χ2n) is 13.5.